The fourth-order valence-corrected chi connectivity index (χ4v) is 2.92. The van der Waals surface area contributed by atoms with Crippen molar-refractivity contribution >= 4 is 18.0 Å². The molecule has 0 bridgehead atoms. The fourth-order valence-electron chi connectivity index (χ4n) is 2.92. The first-order valence-electron chi connectivity index (χ1n) is 7.09. The van der Waals surface area contributed by atoms with E-state index in [-0.39, 0.29) is 12.5 Å². The van der Waals surface area contributed by atoms with Crippen LogP contribution in [0.1, 0.15) is 31.2 Å². The van der Waals surface area contributed by atoms with Gasteiger partial charge in [-0.2, -0.15) is 0 Å². The zero-order valence-electron chi connectivity index (χ0n) is 11.6. The lowest BCUT2D eigenvalue weighted by Crippen LogP contribution is -2.53. The highest BCUT2D eigenvalue weighted by Gasteiger charge is 2.43. The summed E-state index contributed by atoms with van der Waals surface area (Å²) >= 11 is 0. The quantitative estimate of drug-likeness (QED) is 0.891. The van der Waals surface area contributed by atoms with Gasteiger partial charge in [0.05, 0.1) is 5.57 Å². The average molecular weight is 287 g/mol. The molecule has 1 aliphatic heterocycles. The number of hydrogen-bond acceptors (Lipinski definition) is 3. The van der Waals surface area contributed by atoms with Crippen molar-refractivity contribution in [3.63, 3.8) is 0 Å². The van der Waals surface area contributed by atoms with Crippen molar-refractivity contribution in [1.82, 2.24) is 5.32 Å². The van der Waals surface area contributed by atoms with Crippen LogP contribution in [0.2, 0.25) is 0 Å². The molecule has 2 N–H and O–H groups in total. The molecule has 21 heavy (non-hydrogen) atoms. The van der Waals surface area contributed by atoms with Crippen LogP contribution in [0, 0.1) is 0 Å². The van der Waals surface area contributed by atoms with Crippen LogP contribution < -0.4 is 10.1 Å². The number of carbonyl (C=O) groups is 2. The van der Waals surface area contributed by atoms with Crippen LogP contribution in [0.15, 0.2) is 29.8 Å². The molecule has 1 amide bonds. The van der Waals surface area contributed by atoms with Crippen molar-refractivity contribution in [2.45, 2.75) is 31.2 Å². The van der Waals surface area contributed by atoms with E-state index in [0.29, 0.717) is 18.4 Å². The van der Waals surface area contributed by atoms with E-state index in [4.69, 9.17) is 4.74 Å². The molecule has 5 nitrogen and oxygen atoms in total. The summed E-state index contributed by atoms with van der Waals surface area (Å²) < 4.78 is 5.54. The molecule has 5 heteroatoms. The molecular weight excluding hydrogens is 270 g/mol. The summed E-state index contributed by atoms with van der Waals surface area (Å²) in [4.78, 5) is 23.8. The van der Waals surface area contributed by atoms with Gasteiger partial charge in [0.1, 0.15) is 17.9 Å². The Morgan fingerprint density at radius 2 is 1.90 bits per heavy atom. The molecule has 1 aromatic carbocycles. The van der Waals surface area contributed by atoms with Gasteiger partial charge < -0.3 is 15.2 Å². The molecular formula is C16H17NO4. The Bertz CT molecular complexity index is 614. The van der Waals surface area contributed by atoms with Gasteiger partial charge in [-0.15, -0.1) is 0 Å². The number of ether oxygens (including phenoxy) is 1. The second-order valence-electron chi connectivity index (χ2n) is 5.54. The van der Waals surface area contributed by atoms with Crippen LogP contribution in [-0.4, -0.2) is 29.1 Å². The van der Waals surface area contributed by atoms with E-state index >= 15 is 0 Å². The van der Waals surface area contributed by atoms with E-state index in [1.165, 1.54) is 0 Å². The zero-order valence-corrected chi connectivity index (χ0v) is 11.6. The van der Waals surface area contributed by atoms with Crippen molar-refractivity contribution in [3.8, 4) is 5.75 Å². The van der Waals surface area contributed by atoms with Crippen LogP contribution in [0.4, 0.5) is 0 Å². The van der Waals surface area contributed by atoms with Gasteiger partial charge in [0.15, 0.2) is 0 Å². The lowest BCUT2D eigenvalue weighted by molar-refractivity contribution is -0.146. The number of nitrogens with one attached hydrogen (secondary N) is 1. The number of fused-ring (bicyclic) bond motifs is 1. The maximum Gasteiger partial charge on any atom is 0.329 e. The summed E-state index contributed by atoms with van der Waals surface area (Å²) in [6, 6.07) is 7.45. The Morgan fingerprint density at radius 1 is 1.19 bits per heavy atom. The van der Waals surface area contributed by atoms with E-state index in [1.807, 2.05) is 24.3 Å². The monoisotopic (exact) mass is 287 g/mol. The number of benzene rings is 1. The minimum absolute atomic E-state index is 0.165. The third-order valence-corrected chi connectivity index (χ3v) is 4.14. The Balaban J connectivity index is 1.80. The third kappa shape index (κ3) is 2.51. The van der Waals surface area contributed by atoms with Gasteiger partial charge >= 0.3 is 5.97 Å². The van der Waals surface area contributed by atoms with E-state index in [2.05, 4.69) is 5.32 Å². The highest BCUT2D eigenvalue weighted by Crippen LogP contribution is 2.31. The number of carboxylic acid groups (broad SMARTS) is 1. The Labute approximate surface area is 122 Å². The molecule has 0 radical (unpaired) electrons. The van der Waals surface area contributed by atoms with Gasteiger partial charge in [0.2, 0.25) is 0 Å². The van der Waals surface area contributed by atoms with Crippen LogP contribution in [0.3, 0.4) is 0 Å². The number of rotatable bonds is 3. The lowest BCUT2D eigenvalue weighted by Gasteiger charge is -2.27. The van der Waals surface area contributed by atoms with E-state index < -0.39 is 11.5 Å². The molecule has 0 atom stereocenters. The smallest absolute Gasteiger partial charge is 0.329 e. The molecule has 3 rings (SSSR count). The van der Waals surface area contributed by atoms with Crippen molar-refractivity contribution in [1.29, 1.82) is 0 Å². The van der Waals surface area contributed by atoms with Gasteiger partial charge in [0.25, 0.3) is 5.91 Å². The van der Waals surface area contributed by atoms with Gasteiger partial charge in [-0.3, -0.25) is 4.79 Å². The summed E-state index contributed by atoms with van der Waals surface area (Å²) in [6.07, 6.45) is 4.38. The topological polar surface area (TPSA) is 75.6 Å². The largest absolute Gasteiger partial charge is 0.488 e. The van der Waals surface area contributed by atoms with Crippen LogP contribution in [-0.2, 0) is 9.59 Å². The van der Waals surface area contributed by atoms with Crippen molar-refractivity contribution in [3.05, 3.63) is 35.4 Å². The normalized spacial score (nSPS) is 19.1. The molecule has 1 aromatic rings. The van der Waals surface area contributed by atoms with Crippen molar-refractivity contribution in [2.75, 3.05) is 6.61 Å². The zero-order chi connectivity index (χ0) is 14.9. The summed E-state index contributed by atoms with van der Waals surface area (Å²) in [5, 5.41) is 12.1. The lowest BCUT2D eigenvalue weighted by atomic mass is 9.96. The molecule has 110 valence electrons. The number of carbonyl (C=O) groups excluding carboxylic acids is 1. The summed E-state index contributed by atoms with van der Waals surface area (Å²) in [7, 11) is 0. The van der Waals surface area contributed by atoms with Gasteiger partial charge in [-0.05, 0) is 25.0 Å². The minimum Gasteiger partial charge on any atom is -0.488 e. The predicted octanol–water partition coefficient (Wildman–Crippen LogP) is 1.98. The molecule has 0 unspecified atom stereocenters. The van der Waals surface area contributed by atoms with E-state index in [9.17, 15) is 14.7 Å². The van der Waals surface area contributed by atoms with Crippen LogP contribution >= 0.6 is 0 Å². The Hall–Kier alpha value is -2.30. The highest BCUT2D eigenvalue weighted by atomic mass is 16.5. The maximum absolute atomic E-state index is 12.4. The van der Waals surface area contributed by atoms with Crippen molar-refractivity contribution < 1.29 is 19.4 Å². The van der Waals surface area contributed by atoms with Crippen molar-refractivity contribution in [2.24, 2.45) is 0 Å². The molecule has 0 aromatic heterocycles. The number of amides is 1. The Morgan fingerprint density at radius 3 is 2.62 bits per heavy atom. The summed E-state index contributed by atoms with van der Waals surface area (Å²) in [6.45, 7) is 0.165. The summed E-state index contributed by atoms with van der Waals surface area (Å²) in [5.41, 5.74) is 0.181. The van der Waals surface area contributed by atoms with Crippen LogP contribution in [0.5, 0.6) is 5.75 Å². The molecule has 1 saturated carbocycles. The van der Waals surface area contributed by atoms with Gasteiger partial charge in [-0.1, -0.05) is 31.0 Å². The first kappa shape index (κ1) is 13.7. The molecule has 1 aliphatic carbocycles. The SMILES string of the molecule is O=C(NC1(C(=O)O)CCCC1)C1=Cc2ccccc2OC1. The fraction of sp³-hybridized carbons (Fsp3) is 0.375. The second kappa shape index (κ2) is 5.24. The standard InChI is InChI=1S/C16H17NO4/c18-14(17-16(15(19)20)7-3-4-8-16)12-9-11-5-1-2-6-13(11)21-10-12/h1-2,5-6,9H,3-4,7-8,10H2,(H,17,18)(H,19,20). The number of para-hydroxylation sites is 1. The molecule has 0 saturated heterocycles. The first-order chi connectivity index (χ1) is 10.1. The third-order valence-electron chi connectivity index (χ3n) is 4.14. The van der Waals surface area contributed by atoms with E-state index in [0.717, 1.165) is 24.2 Å². The van der Waals surface area contributed by atoms with Crippen LogP contribution in [0.25, 0.3) is 6.08 Å². The van der Waals surface area contributed by atoms with Gasteiger partial charge in [-0.25, -0.2) is 4.79 Å². The number of carboxylic acids is 1. The molecule has 1 fully saturated rings. The molecule has 2 aliphatic rings. The molecule has 1 heterocycles. The van der Waals surface area contributed by atoms with Gasteiger partial charge in [0, 0.05) is 5.56 Å². The minimum atomic E-state index is -1.12. The van der Waals surface area contributed by atoms with E-state index in [1.54, 1.807) is 6.08 Å². The predicted molar refractivity (Wildman–Crippen MR) is 76.9 cm³/mol. The highest BCUT2D eigenvalue weighted by molar-refractivity contribution is 6.01. The average Bonchev–Trinajstić information content (AvgIpc) is 2.96. The number of hydrogen-bond donors (Lipinski definition) is 2. The maximum atomic E-state index is 12.4. The first-order valence-corrected chi connectivity index (χ1v) is 7.09. The Kier molecular flexibility index (Phi) is 3.41. The number of aliphatic carboxylic acids is 1. The summed E-state index contributed by atoms with van der Waals surface area (Å²) in [5.74, 6) is -0.567. The molecule has 0 spiro atoms. The second-order valence-corrected chi connectivity index (χ2v) is 5.54.